The molecule has 0 amide bonds. The van der Waals surface area contributed by atoms with Gasteiger partial charge in [-0.05, 0) is 30.7 Å². The molecule has 0 saturated heterocycles. The molecule has 24 heavy (non-hydrogen) atoms. The van der Waals surface area contributed by atoms with Crippen molar-refractivity contribution in [1.82, 2.24) is 0 Å². The maximum Gasteiger partial charge on any atom is 0.254 e. The summed E-state index contributed by atoms with van der Waals surface area (Å²) in [6.07, 6.45) is 1.58. The van der Waals surface area contributed by atoms with E-state index in [1.165, 1.54) is 0 Å². The number of carbonyl (C=O) groups excluding carboxylic acids is 1. The highest BCUT2D eigenvalue weighted by atomic mass is 16.5. The monoisotopic (exact) mass is 320 g/mol. The molecular formula is C20H16O4. The number of carbonyl (C=O) groups is 1. The highest BCUT2D eigenvalue weighted by Gasteiger charge is 2.55. The molecule has 0 spiro atoms. The lowest BCUT2D eigenvalue weighted by Crippen LogP contribution is -2.38. The fourth-order valence-corrected chi connectivity index (χ4v) is 3.25. The van der Waals surface area contributed by atoms with Crippen molar-refractivity contribution in [1.29, 1.82) is 0 Å². The fourth-order valence-electron chi connectivity index (χ4n) is 3.25. The smallest absolute Gasteiger partial charge is 0.254 e. The Morgan fingerprint density at radius 2 is 1.79 bits per heavy atom. The van der Waals surface area contributed by atoms with Gasteiger partial charge in [0.1, 0.15) is 17.1 Å². The van der Waals surface area contributed by atoms with Crippen LogP contribution < -0.4 is 9.47 Å². The molecular weight excluding hydrogens is 304 g/mol. The summed E-state index contributed by atoms with van der Waals surface area (Å²) in [4.78, 5) is 13.5. The van der Waals surface area contributed by atoms with Crippen molar-refractivity contribution in [2.75, 3.05) is 7.11 Å². The molecule has 2 heterocycles. The van der Waals surface area contributed by atoms with Crippen LogP contribution in [-0.2, 0) is 5.60 Å². The summed E-state index contributed by atoms with van der Waals surface area (Å²) in [6, 6.07) is 16.6. The minimum Gasteiger partial charge on any atom is -0.496 e. The Labute approximate surface area is 139 Å². The second-order valence-corrected chi connectivity index (χ2v) is 5.74. The van der Waals surface area contributed by atoms with E-state index < -0.39 is 5.60 Å². The third-order valence-corrected chi connectivity index (χ3v) is 4.38. The summed E-state index contributed by atoms with van der Waals surface area (Å²) in [6.45, 7) is 1.90. The van der Waals surface area contributed by atoms with E-state index in [2.05, 4.69) is 0 Å². The minimum atomic E-state index is -1.33. The van der Waals surface area contributed by atoms with Crippen molar-refractivity contribution >= 4 is 5.78 Å². The van der Waals surface area contributed by atoms with Gasteiger partial charge in [0.15, 0.2) is 5.76 Å². The second-order valence-electron chi connectivity index (χ2n) is 5.74. The molecule has 120 valence electrons. The summed E-state index contributed by atoms with van der Waals surface area (Å²) < 4.78 is 17.3. The van der Waals surface area contributed by atoms with Gasteiger partial charge >= 0.3 is 0 Å². The summed E-state index contributed by atoms with van der Waals surface area (Å²) in [5, 5.41) is 0. The molecule has 1 aliphatic heterocycles. The van der Waals surface area contributed by atoms with Crippen molar-refractivity contribution in [3.05, 3.63) is 83.3 Å². The zero-order valence-corrected chi connectivity index (χ0v) is 13.4. The number of hydrogen-bond acceptors (Lipinski definition) is 4. The molecule has 1 aliphatic rings. The SMILES string of the molecule is COc1cccc2c1C(=O)C(c1ccccc1)(c1occc1C)O2. The van der Waals surface area contributed by atoms with Crippen molar-refractivity contribution in [3.8, 4) is 11.5 Å². The van der Waals surface area contributed by atoms with Crippen LogP contribution in [0.15, 0.2) is 65.3 Å². The predicted molar refractivity (Wildman–Crippen MR) is 88.6 cm³/mol. The van der Waals surface area contributed by atoms with Gasteiger partial charge in [-0.25, -0.2) is 0 Å². The molecule has 4 rings (SSSR count). The fraction of sp³-hybridized carbons (Fsp3) is 0.150. The van der Waals surface area contributed by atoms with E-state index in [1.807, 2.05) is 43.3 Å². The molecule has 0 N–H and O–H groups in total. The average Bonchev–Trinajstić information content (AvgIpc) is 3.17. The van der Waals surface area contributed by atoms with Gasteiger partial charge in [0.05, 0.1) is 13.4 Å². The van der Waals surface area contributed by atoms with Crippen LogP contribution in [0, 0.1) is 6.92 Å². The summed E-state index contributed by atoms with van der Waals surface area (Å²) >= 11 is 0. The second kappa shape index (κ2) is 5.27. The normalized spacial score (nSPS) is 19.0. The number of fused-ring (bicyclic) bond motifs is 1. The van der Waals surface area contributed by atoms with Gasteiger partial charge < -0.3 is 13.9 Å². The summed E-state index contributed by atoms with van der Waals surface area (Å²) in [5.74, 6) is 1.31. The first-order valence-corrected chi connectivity index (χ1v) is 7.69. The number of rotatable bonds is 3. The van der Waals surface area contributed by atoms with E-state index in [9.17, 15) is 4.79 Å². The number of Topliss-reactive ketones (excluding diaryl/α,β-unsaturated/α-hetero) is 1. The molecule has 1 aromatic heterocycles. The number of furan rings is 1. The molecule has 0 fully saturated rings. The molecule has 4 nitrogen and oxygen atoms in total. The van der Waals surface area contributed by atoms with Crippen LogP contribution in [0.5, 0.6) is 11.5 Å². The lowest BCUT2D eigenvalue weighted by Gasteiger charge is -2.26. The number of ether oxygens (including phenoxy) is 2. The van der Waals surface area contributed by atoms with Crippen LogP contribution in [0.2, 0.25) is 0 Å². The van der Waals surface area contributed by atoms with Crippen LogP contribution in [0.4, 0.5) is 0 Å². The zero-order chi connectivity index (χ0) is 16.7. The molecule has 2 aromatic carbocycles. The van der Waals surface area contributed by atoms with E-state index in [0.717, 1.165) is 11.1 Å². The standard InChI is InChI=1S/C20H16O4/c1-13-11-12-23-19(13)20(14-7-4-3-5-8-14)18(21)17-15(22-2)9-6-10-16(17)24-20/h3-12H,1-2H3. The van der Waals surface area contributed by atoms with Gasteiger partial charge in [0.2, 0.25) is 5.78 Å². The Morgan fingerprint density at radius 1 is 1.00 bits per heavy atom. The Bertz CT molecular complexity index is 910. The van der Waals surface area contributed by atoms with Crippen LogP contribution in [-0.4, -0.2) is 12.9 Å². The first-order chi connectivity index (χ1) is 11.7. The number of methoxy groups -OCH3 is 1. The molecule has 0 saturated carbocycles. The topological polar surface area (TPSA) is 48.7 Å². The summed E-state index contributed by atoms with van der Waals surface area (Å²) in [7, 11) is 1.55. The molecule has 0 radical (unpaired) electrons. The first-order valence-electron chi connectivity index (χ1n) is 7.69. The maximum atomic E-state index is 13.5. The van der Waals surface area contributed by atoms with Gasteiger partial charge in [0.25, 0.3) is 5.60 Å². The lowest BCUT2D eigenvalue weighted by atomic mass is 9.84. The Kier molecular flexibility index (Phi) is 3.20. The Morgan fingerprint density at radius 3 is 2.46 bits per heavy atom. The van der Waals surface area contributed by atoms with Crippen molar-refractivity contribution in [2.45, 2.75) is 12.5 Å². The zero-order valence-electron chi connectivity index (χ0n) is 13.4. The number of benzene rings is 2. The summed E-state index contributed by atoms with van der Waals surface area (Å²) in [5.41, 5.74) is 0.705. The lowest BCUT2D eigenvalue weighted by molar-refractivity contribution is 0.0615. The molecule has 0 aliphatic carbocycles. The maximum absolute atomic E-state index is 13.5. The largest absolute Gasteiger partial charge is 0.496 e. The highest BCUT2D eigenvalue weighted by Crippen LogP contribution is 2.49. The van der Waals surface area contributed by atoms with E-state index in [-0.39, 0.29) is 5.78 Å². The Hall–Kier alpha value is -3.01. The van der Waals surface area contributed by atoms with Gasteiger partial charge in [-0.1, -0.05) is 36.4 Å². The van der Waals surface area contributed by atoms with Crippen molar-refractivity contribution < 1.29 is 18.7 Å². The van der Waals surface area contributed by atoms with Crippen molar-refractivity contribution in [2.24, 2.45) is 0 Å². The van der Waals surface area contributed by atoms with Crippen LogP contribution >= 0.6 is 0 Å². The van der Waals surface area contributed by atoms with E-state index in [1.54, 1.807) is 31.6 Å². The minimum absolute atomic E-state index is 0.181. The van der Waals surface area contributed by atoms with E-state index >= 15 is 0 Å². The number of aryl methyl sites for hydroxylation is 1. The molecule has 1 atom stereocenters. The van der Waals surface area contributed by atoms with Gasteiger partial charge in [0, 0.05) is 5.56 Å². The van der Waals surface area contributed by atoms with Crippen LogP contribution in [0.25, 0.3) is 0 Å². The number of hydrogen-bond donors (Lipinski definition) is 0. The van der Waals surface area contributed by atoms with Crippen molar-refractivity contribution in [3.63, 3.8) is 0 Å². The molecule has 4 heteroatoms. The average molecular weight is 320 g/mol. The quantitative estimate of drug-likeness (QED) is 0.728. The van der Waals surface area contributed by atoms with E-state index in [4.69, 9.17) is 13.9 Å². The molecule has 3 aromatic rings. The third-order valence-electron chi connectivity index (χ3n) is 4.38. The van der Waals surface area contributed by atoms with Gasteiger partial charge in [-0.15, -0.1) is 0 Å². The van der Waals surface area contributed by atoms with Crippen LogP contribution in [0.3, 0.4) is 0 Å². The third kappa shape index (κ3) is 1.83. The van der Waals surface area contributed by atoms with Crippen LogP contribution in [0.1, 0.15) is 27.2 Å². The van der Waals surface area contributed by atoms with Gasteiger partial charge in [-0.2, -0.15) is 0 Å². The predicted octanol–water partition coefficient (Wildman–Crippen LogP) is 4.12. The Balaban J connectivity index is 2.01. The first kappa shape index (κ1) is 14.6. The number of ketones is 1. The van der Waals surface area contributed by atoms with E-state index in [0.29, 0.717) is 22.8 Å². The molecule has 1 unspecified atom stereocenters. The van der Waals surface area contributed by atoms with Gasteiger partial charge in [-0.3, -0.25) is 4.79 Å². The molecule has 0 bridgehead atoms. The highest BCUT2D eigenvalue weighted by molar-refractivity contribution is 6.11.